The number of nitrogens with one attached hydrogen (secondary N) is 1. The Balaban J connectivity index is 1.74. The van der Waals surface area contributed by atoms with E-state index < -0.39 is 6.10 Å². The SMILES string of the molecule is CCc1ccccc1OC(C)C(=O)NCCCn1ccnc1. The number of rotatable bonds is 8. The molecular weight excluding hydrogens is 278 g/mol. The molecule has 2 rings (SSSR count). The Kier molecular flexibility index (Phi) is 6.01. The Hall–Kier alpha value is -2.30. The zero-order valence-electron chi connectivity index (χ0n) is 13.2. The van der Waals surface area contributed by atoms with Crippen LogP contribution in [-0.2, 0) is 17.8 Å². The minimum Gasteiger partial charge on any atom is -0.481 e. The molecule has 0 aliphatic carbocycles. The summed E-state index contributed by atoms with van der Waals surface area (Å²) >= 11 is 0. The van der Waals surface area contributed by atoms with Crippen LogP contribution in [0.2, 0.25) is 0 Å². The normalized spacial score (nSPS) is 11.9. The number of amides is 1. The zero-order valence-corrected chi connectivity index (χ0v) is 13.2. The van der Waals surface area contributed by atoms with Gasteiger partial charge >= 0.3 is 0 Å². The van der Waals surface area contributed by atoms with Crippen molar-refractivity contribution in [1.29, 1.82) is 0 Å². The average molecular weight is 301 g/mol. The molecule has 5 nitrogen and oxygen atoms in total. The molecule has 118 valence electrons. The molecule has 0 saturated heterocycles. The number of hydrogen-bond donors (Lipinski definition) is 1. The Morgan fingerprint density at radius 1 is 1.41 bits per heavy atom. The van der Waals surface area contributed by atoms with Crippen molar-refractivity contribution in [1.82, 2.24) is 14.9 Å². The minimum atomic E-state index is -0.499. The molecule has 0 fully saturated rings. The van der Waals surface area contributed by atoms with Gasteiger partial charge in [-0.15, -0.1) is 0 Å². The second-order valence-electron chi connectivity index (χ2n) is 5.17. The highest BCUT2D eigenvalue weighted by Gasteiger charge is 2.15. The lowest BCUT2D eigenvalue weighted by atomic mass is 10.1. The van der Waals surface area contributed by atoms with Gasteiger partial charge in [0.2, 0.25) is 0 Å². The molecule has 0 aliphatic heterocycles. The molecule has 2 aromatic rings. The lowest BCUT2D eigenvalue weighted by Crippen LogP contribution is -2.37. The fourth-order valence-electron chi connectivity index (χ4n) is 2.19. The molecule has 1 aromatic heterocycles. The van der Waals surface area contributed by atoms with Gasteiger partial charge in [0.25, 0.3) is 5.91 Å². The van der Waals surface area contributed by atoms with E-state index in [2.05, 4.69) is 17.2 Å². The Morgan fingerprint density at radius 2 is 2.23 bits per heavy atom. The van der Waals surface area contributed by atoms with E-state index in [1.165, 1.54) is 0 Å². The van der Waals surface area contributed by atoms with Gasteiger partial charge in [0.15, 0.2) is 6.10 Å². The number of imidazole rings is 1. The molecule has 0 aliphatic rings. The lowest BCUT2D eigenvalue weighted by Gasteiger charge is -2.16. The van der Waals surface area contributed by atoms with Crippen LogP contribution >= 0.6 is 0 Å². The highest BCUT2D eigenvalue weighted by atomic mass is 16.5. The van der Waals surface area contributed by atoms with E-state index in [0.29, 0.717) is 6.54 Å². The number of aryl methyl sites for hydroxylation is 2. The monoisotopic (exact) mass is 301 g/mol. The summed E-state index contributed by atoms with van der Waals surface area (Å²) < 4.78 is 7.76. The van der Waals surface area contributed by atoms with E-state index in [0.717, 1.165) is 30.7 Å². The highest BCUT2D eigenvalue weighted by Crippen LogP contribution is 2.19. The summed E-state index contributed by atoms with van der Waals surface area (Å²) in [7, 11) is 0. The van der Waals surface area contributed by atoms with Gasteiger partial charge in [-0.3, -0.25) is 4.79 Å². The van der Waals surface area contributed by atoms with E-state index in [1.807, 2.05) is 35.0 Å². The second kappa shape index (κ2) is 8.22. The standard InChI is InChI=1S/C17H23N3O2/c1-3-15-7-4-5-8-16(15)22-14(2)17(21)19-9-6-11-20-12-10-18-13-20/h4-5,7-8,10,12-14H,3,6,9,11H2,1-2H3,(H,19,21). The van der Waals surface area contributed by atoms with Gasteiger partial charge < -0.3 is 14.6 Å². The molecule has 5 heteroatoms. The van der Waals surface area contributed by atoms with Crippen LogP contribution in [0, 0.1) is 0 Å². The maximum atomic E-state index is 12.1. The van der Waals surface area contributed by atoms with E-state index in [-0.39, 0.29) is 5.91 Å². The van der Waals surface area contributed by atoms with E-state index in [9.17, 15) is 4.79 Å². The van der Waals surface area contributed by atoms with Crippen molar-refractivity contribution in [2.75, 3.05) is 6.54 Å². The Labute approximate surface area is 131 Å². The first-order chi connectivity index (χ1) is 10.7. The van der Waals surface area contributed by atoms with Gasteiger partial charge in [0.05, 0.1) is 6.33 Å². The summed E-state index contributed by atoms with van der Waals surface area (Å²) in [6, 6.07) is 7.82. The molecule has 0 spiro atoms. The van der Waals surface area contributed by atoms with Crippen LogP contribution in [-0.4, -0.2) is 28.1 Å². The third-order valence-electron chi connectivity index (χ3n) is 3.48. The first kappa shape index (κ1) is 16.1. The molecule has 1 unspecified atom stereocenters. The van der Waals surface area contributed by atoms with Crippen LogP contribution < -0.4 is 10.1 Å². The molecule has 0 saturated carbocycles. The van der Waals surface area contributed by atoms with Crippen molar-refractivity contribution < 1.29 is 9.53 Å². The van der Waals surface area contributed by atoms with Crippen molar-refractivity contribution >= 4 is 5.91 Å². The van der Waals surface area contributed by atoms with Crippen molar-refractivity contribution in [2.45, 2.75) is 39.3 Å². The van der Waals surface area contributed by atoms with Crippen molar-refractivity contribution in [2.24, 2.45) is 0 Å². The van der Waals surface area contributed by atoms with Crippen molar-refractivity contribution in [3.05, 3.63) is 48.5 Å². The fraction of sp³-hybridized carbons (Fsp3) is 0.412. The minimum absolute atomic E-state index is 0.0865. The van der Waals surface area contributed by atoms with Crippen LogP contribution in [0.5, 0.6) is 5.75 Å². The van der Waals surface area contributed by atoms with Crippen LogP contribution in [0.25, 0.3) is 0 Å². The van der Waals surface area contributed by atoms with Crippen molar-refractivity contribution in [3.8, 4) is 5.75 Å². The number of ether oxygens (including phenoxy) is 1. The van der Waals surface area contributed by atoms with Crippen LogP contribution in [0.3, 0.4) is 0 Å². The summed E-state index contributed by atoms with van der Waals surface area (Å²) in [5, 5.41) is 2.90. The van der Waals surface area contributed by atoms with Gasteiger partial charge in [-0.25, -0.2) is 4.98 Å². The number of para-hydroxylation sites is 1. The maximum Gasteiger partial charge on any atom is 0.260 e. The maximum absolute atomic E-state index is 12.1. The fourth-order valence-corrected chi connectivity index (χ4v) is 2.19. The van der Waals surface area contributed by atoms with Crippen LogP contribution in [0.4, 0.5) is 0 Å². The third-order valence-corrected chi connectivity index (χ3v) is 3.48. The van der Waals surface area contributed by atoms with Gasteiger partial charge in [-0.05, 0) is 31.4 Å². The molecule has 1 heterocycles. The summed E-state index contributed by atoms with van der Waals surface area (Å²) in [5.74, 6) is 0.697. The quantitative estimate of drug-likeness (QED) is 0.762. The molecular formula is C17H23N3O2. The first-order valence-electron chi connectivity index (χ1n) is 7.68. The number of carbonyl (C=O) groups is 1. The van der Waals surface area contributed by atoms with Crippen LogP contribution in [0.1, 0.15) is 25.8 Å². The summed E-state index contributed by atoms with van der Waals surface area (Å²) in [4.78, 5) is 16.0. The van der Waals surface area contributed by atoms with Gasteiger partial charge in [-0.2, -0.15) is 0 Å². The van der Waals surface area contributed by atoms with Gasteiger partial charge in [0, 0.05) is 25.5 Å². The van der Waals surface area contributed by atoms with Crippen molar-refractivity contribution in [3.63, 3.8) is 0 Å². The number of carbonyl (C=O) groups excluding carboxylic acids is 1. The second-order valence-corrected chi connectivity index (χ2v) is 5.17. The topological polar surface area (TPSA) is 56.1 Å². The largest absolute Gasteiger partial charge is 0.481 e. The molecule has 1 atom stereocenters. The number of nitrogens with zero attached hydrogens (tertiary/aromatic N) is 2. The smallest absolute Gasteiger partial charge is 0.260 e. The molecule has 0 radical (unpaired) electrons. The Bertz CT molecular complexity index is 581. The van der Waals surface area contributed by atoms with E-state index in [1.54, 1.807) is 19.4 Å². The number of aromatic nitrogens is 2. The zero-order chi connectivity index (χ0) is 15.8. The first-order valence-corrected chi connectivity index (χ1v) is 7.68. The predicted octanol–water partition coefficient (Wildman–Crippen LogP) is 2.42. The third kappa shape index (κ3) is 4.62. The summed E-state index contributed by atoms with van der Waals surface area (Å²) in [6.07, 6.45) is 6.68. The molecule has 0 bridgehead atoms. The molecule has 22 heavy (non-hydrogen) atoms. The van der Waals surface area contributed by atoms with E-state index in [4.69, 9.17) is 4.74 Å². The summed E-state index contributed by atoms with van der Waals surface area (Å²) in [5.41, 5.74) is 1.11. The van der Waals surface area contributed by atoms with Crippen LogP contribution in [0.15, 0.2) is 43.0 Å². The predicted molar refractivity (Wildman–Crippen MR) is 85.8 cm³/mol. The van der Waals surface area contributed by atoms with Gasteiger partial charge in [-0.1, -0.05) is 25.1 Å². The number of benzene rings is 1. The molecule has 1 amide bonds. The van der Waals surface area contributed by atoms with Gasteiger partial charge in [0.1, 0.15) is 5.75 Å². The Morgan fingerprint density at radius 3 is 2.95 bits per heavy atom. The lowest BCUT2D eigenvalue weighted by molar-refractivity contribution is -0.127. The number of hydrogen-bond acceptors (Lipinski definition) is 3. The average Bonchev–Trinajstić information content (AvgIpc) is 3.05. The summed E-state index contributed by atoms with van der Waals surface area (Å²) in [6.45, 7) is 5.31. The molecule has 1 N–H and O–H groups in total. The van der Waals surface area contributed by atoms with E-state index >= 15 is 0 Å². The molecule has 1 aromatic carbocycles. The highest BCUT2D eigenvalue weighted by molar-refractivity contribution is 5.80.